The van der Waals surface area contributed by atoms with Crippen molar-refractivity contribution in [3.8, 4) is 11.5 Å². The maximum Gasteiger partial charge on any atom is 0.262 e. The van der Waals surface area contributed by atoms with Crippen LogP contribution in [0.2, 0.25) is 0 Å². The highest BCUT2D eigenvalue weighted by atomic mass is 16.5. The first-order chi connectivity index (χ1) is 15.0. The summed E-state index contributed by atoms with van der Waals surface area (Å²) in [5.74, 6) is 0.743. The fourth-order valence-corrected chi connectivity index (χ4v) is 3.47. The molecule has 31 heavy (non-hydrogen) atoms. The zero-order chi connectivity index (χ0) is 22.4. The normalized spacial score (nSPS) is 15.4. The van der Waals surface area contributed by atoms with Gasteiger partial charge in [0.2, 0.25) is 5.91 Å². The van der Waals surface area contributed by atoms with Gasteiger partial charge < -0.3 is 19.1 Å². The lowest BCUT2D eigenvalue weighted by molar-refractivity contribution is -0.142. The number of amides is 2. The number of nitrogens with zero attached hydrogens (tertiary/aromatic N) is 3. The third-order valence-electron chi connectivity index (χ3n) is 5.14. The van der Waals surface area contributed by atoms with Crippen LogP contribution in [0.25, 0.3) is 0 Å². The van der Waals surface area contributed by atoms with Crippen LogP contribution in [0.3, 0.4) is 0 Å². The lowest BCUT2D eigenvalue weighted by Crippen LogP contribution is -2.40. The van der Waals surface area contributed by atoms with Gasteiger partial charge >= 0.3 is 0 Å². The van der Waals surface area contributed by atoms with Gasteiger partial charge in [0.05, 0.1) is 26.0 Å². The van der Waals surface area contributed by atoms with Crippen molar-refractivity contribution < 1.29 is 23.8 Å². The fourth-order valence-electron chi connectivity index (χ4n) is 3.47. The molecular weight excluding hydrogens is 398 g/mol. The molecule has 8 heteroatoms. The number of benzene rings is 2. The summed E-state index contributed by atoms with van der Waals surface area (Å²) in [5, 5.41) is 6.11. The summed E-state index contributed by atoms with van der Waals surface area (Å²) in [6.07, 6.45) is 0.522. The Balaban J connectivity index is 1.92. The molecule has 2 aromatic rings. The van der Waals surface area contributed by atoms with E-state index < -0.39 is 0 Å². The van der Waals surface area contributed by atoms with Gasteiger partial charge in [-0.15, -0.1) is 0 Å². The Hall–Kier alpha value is -3.39. The standard InChI is InChI=1S/C23H27N3O5/c1-25(23(28)15-29-2)14-22(27)26-20(16-8-6-5-7-9-16)13-19(24-26)18-11-10-17(30-3)12-21(18)31-4/h5-12,20H,13-15H2,1-4H3. The maximum absolute atomic E-state index is 13.1. The van der Waals surface area contributed by atoms with Gasteiger partial charge in [0.25, 0.3) is 5.91 Å². The van der Waals surface area contributed by atoms with Crippen LogP contribution in [0.4, 0.5) is 0 Å². The number of rotatable bonds is 8. The maximum atomic E-state index is 13.1. The van der Waals surface area contributed by atoms with E-state index in [4.69, 9.17) is 14.2 Å². The second kappa shape index (κ2) is 10.1. The van der Waals surface area contributed by atoms with Crippen LogP contribution in [-0.2, 0) is 14.3 Å². The van der Waals surface area contributed by atoms with E-state index in [-0.39, 0.29) is 31.0 Å². The van der Waals surface area contributed by atoms with Crippen molar-refractivity contribution in [3.63, 3.8) is 0 Å². The number of methoxy groups -OCH3 is 3. The number of carbonyl (C=O) groups is 2. The molecule has 164 valence electrons. The van der Waals surface area contributed by atoms with Crippen LogP contribution in [0.5, 0.6) is 11.5 Å². The monoisotopic (exact) mass is 425 g/mol. The van der Waals surface area contributed by atoms with Gasteiger partial charge in [-0.25, -0.2) is 5.01 Å². The first-order valence-corrected chi connectivity index (χ1v) is 9.88. The first-order valence-electron chi connectivity index (χ1n) is 9.88. The van der Waals surface area contributed by atoms with Crippen molar-refractivity contribution in [3.05, 3.63) is 59.7 Å². The quantitative estimate of drug-likeness (QED) is 0.649. The van der Waals surface area contributed by atoms with E-state index in [1.165, 1.54) is 17.0 Å². The van der Waals surface area contributed by atoms with Crippen molar-refractivity contribution in [2.24, 2.45) is 5.10 Å². The van der Waals surface area contributed by atoms with Crippen LogP contribution < -0.4 is 9.47 Å². The molecule has 1 aliphatic rings. The molecule has 0 saturated carbocycles. The van der Waals surface area contributed by atoms with E-state index in [1.54, 1.807) is 27.3 Å². The SMILES string of the molecule is COCC(=O)N(C)CC(=O)N1N=C(c2ccc(OC)cc2OC)CC1c1ccccc1. The molecule has 0 spiro atoms. The average molecular weight is 425 g/mol. The molecule has 0 N–H and O–H groups in total. The summed E-state index contributed by atoms with van der Waals surface area (Å²) in [6.45, 7) is -0.175. The molecule has 1 atom stereocenters. The van der Waals surface area contributed by atoms with E-state index >= 15 is 0 Å². The Bertz CT molecular complexity index is 961. The van der Waals surface area contributed by atoms with Gasteiger partial charge in [-0.05, 0) is 17.7 Å². The molecule has 0 aromatic heterocycles. The fraction of sp³-hybridized carbons (Fsp3) is 0.348. The van der Waals surface area contributed by atoms with Gasteiger partial charge in [-0.2, -0.15) is 5.10 Å². The van der Waals surface area contributed by atoms with E-state index in [0.717, 1.165) is 16.8 Å². The molecule has 0 fully saturated rings. The molecule has 1 unspecified atom stereocenters. The topological polar surface area (TPSA) is 80.7 Å². The number of carbonyl (C=O) groups excluding carboxylic acids is 2. The lowest BCUT2D eigenvalue weighted by atomic mass is 9.98. The summed E-state index contributed by atoms with van der Waals surface area (Å²) in [7, 11) is 6.19. The minimum atomic E-state index is -0.276. The molecule has 8 nitrogen and oxygen atoms in total. The van der Waals surface area contributed by atoms with Crippen LogP contribution >= 0.6 is 0 Å². The summed E-state index contributed by atoms with van der Waals surface area (Å²) >= 11 is 0. The van der Waals surface area contributed by atoms with Crippen LogP contribution in [-0.4, -0.2) is 69.0 Å². The van der Waals surface area contributed by atoms with Crippen molar-refractivity contribution in [2.45, 2.75) is 12.5 Å². The van der Waals surface area contributed by atoms with Crippen LogP contribution in [0.1, 0.15) is 23.6 Å². The lowest BCUT2D eigenvalue weighted by Gasteiger charge is -2.24. The molecule has 3 rings (SSSR count). The number of ether oxygens (including phenoxy) is 3. The molecule has 0 radical (unpaired) electrons. The number of hydrazone groups is 1. The van der Waals surface area contributed by atoms with Crippen molar-refractivity contribution >= 4 is 17.5 Å². The summed E-state index contributed by atoms with van der Waals surface area (Å²) < 4.78 is 15.7. The Morgan fingerprint density at radius 2 is 1.84 bits per heavy atom. The van der Waals surface area contributed by atoms with Gasteiger partial charge in [-0.3, -0.25) is 9.59 Å². The highest BCUT2D eigenvalue weighted by Gasteiger charge is 2.34. The number of likely N-dealkylation sites (N-methyl/N-ethyl adjacent to an activating group) is 1. The minimum absolute atomic E-state index is 0.0799. The molecule has 0 aliphatic carbocycles. The largest absolute Gasteiger partial charge is 0.497 e. The number of hydrogen-bond donors (Lipinski definition) is 0. The molecule has 2 amide bonds. The molecule has 1 aliphatic heterocycles. The smallest absolute Gasteiger partial charge is 0.262 e. The van der Waals surface area contributed by atoms with Gasteiger partial charge in [0.15, 0.2) is 0 Å². The molecular formula is C23H27N3O5. The zero-order valence-electron chi connectivity index (χ0n) is 18.2. The molecule has 1 heterocycles. The highest BCUT2D eigenvalue weighted by molar-refractivity contribution is 6.05. The third kappa shape index (κ3) is 5.03. The molecule has 2 aromatic carbocycles. The highest BCUT2D eigenvalue weighted by Crippen LogP contribution is 2.36. The summed E-state index contributed by atoms with van der Waals surface area (Å²) in [5.41, 5.74) is 2.49. The van der Waals surface area contributed by atoms with Crippen molar-refractivity contribution in [2.75, 3.05) is 41.5 Å². The van der Waals surface area contributed by atoms with E-state index in [2.05, 4.69) is 5.10 Å². The summed E-state index contributed by atoms with van der Waals surface area (Å²) in [4.78, 5) is 26.5. The summed E-state index contributed by atoms with van der Waals surface area (Å²) in [6, 6.07) is 14.9. The zero-order valence-corrected chi connectivity index (χ0v) is 18.2. The van der Waals surface area contributed by atoms with Crippen molar-refractivity contribution in [1.29, 1.82) is 0 Å². The van der Waals surface area contributed by atoms with Gasteiger partial charge in [-0.1, -0.05) is 30.3 Å². The molecule has 0 saturated heterocycles. The first kappa shape index (κ1) is 22.3. The average Bonchev–Trinajstić information content (AvgIpc) is 3.24. The van der Waals surface area contributed by atoms with Gasteiger partial charge in [0, 0.05) is 32.2 Å². The Morgan fingerprint density at radius 1 is 1.10 bits per heavy atom. The third-order valence-corrected chi connectivity index (χ3v) is 5.14. The van der Waals surface area contributed by atoms with Crippen molar-refractivity contribution in [1.82, 2.24) is 9.91 Å². The predicted octanol–water partition coefficient (Wildman–Crippen LogP) is 2.49. The molecule has 0 bridgehead atoms. The Morgan fingerprint density at radius 3 is 2.48 bits per heavy atom. The second-order valence-electron chi connectivity index (χ2n) is 7.16. The van der Waals surface area contributed by atoms with Gasteiger partial charge in [0.1, 0.15) is 24.7 Å². The van der Waals surface area contributed by atoms with E-state index in [9.17, 15) is 9.59 Å². The Kier molecular flexibility index (Phi) is 7.25. The van der Waals surface area contributed by atoms with E-state index in [1.807, 2.05) is 42.5 Å². The number of hydrogen-bond acceptors (Lipinski definition) is 6. The van der Waals surface area contributed by atoms with Crippen LogP contribution in [0.15, 0.2) is 53.6 Å². The van der Waals surface area contributed by atoms with E-state index in [0.29, 0.717) is 17.9 Å². The van der Waals surface area contributed by atoms with Crippen LogP contribution in [0, 0.1) is 0 Å². The Labute approximate surface area is 182 Å². The second-order valence-corrected chi connectivity index (χ2v) is 7.16. The predicted molar refractivity (Wildman–Crippen MR) is 116 cm³/mol. The minimum Gasteiger partial charge on any atom is -0.497 e.